The van der Waals surface area contributed by atoms with Crippen molar-refractivity contribution in [1.29, 1.82) is 0 Å². The number of aromatic nitrogens is 2. The van der Waals surface area contributed by atoms with Crippen molar-refractivity contribution in [1.82, 2.24) is 14.9 Å². The average molecular weight is 335 g/mol. The maximum atomic E-state index is 12.5. The third kappa shape index (κ3) is 3.10. The molecule has 1 amide bonds. The van der Waals surface area contributed by atoms with Crippen molar-refractivity contribution >= 4 is 39.2 Å². The van der Waals surface area contributed by atoms with Crippen LogP contribution >= 0.6 is 23.1 Å². The van der Waals surface area contributed by atoms with Gasteiger partial charge in [0.15, 0.2) is 5.16 Å². The Bertz CT molecular complexity index is 777. The van der Waals surface area contributed by atoms with E-state index >= 15 is 0 Å². The summed E-state index contributed by atoms with van der Waals surface area (Å²) in [5, 5.41) is 5.11. The molecule has 0 saturated heterocycles. The predicted octanol–water partition coefficient (Wildman–Crippen LogP) is 2.40. The monoisotopic (exact) mass is 335 g/mol. The Kier molecular flexibility index (Phi) is 4.35. The molecule has 7 heteroatoms. The standard InChI is InChI=1S/C15H17N3O2S2/c1-3-7-18-14(20)12-11(6-8-21-12)17-15(18)22-9(2)13(19)16-10-4-5-10/h3,6,8-10H,1,4-5,7H2,2H3,(H,16,19)/t9-/m1/s1. The number of fused-ring (bicyclic) bond motifs is 1. The molecule has 0 radical (unpaired) electrons. The van der Waals surface area contributed by atoms with Crippen LogP contribution in [0.3, 0.4) is 0 Å². The Morgan fingerprint density at radius 1 is 1.68 bits per heavy atom. The highest BCUT2D eigenvalue weighted by Crippen LogP contribution is 2.26. The van der Waals surface area contributed by atoms with Gasteiger partial charge in [-0.3, -0.25) is 14.2 Å². The minimum absolute atomic E-state index is 0.00248. The molecule has 116 valence electrons. The van der Waals surface area contributed by atoms with Gasteiger partial charge < -0.3 is 5.32 Å². The number of allylic oxidation sites excluding steroid dienone is 1. The van der Waals surface area contributed by atoms with Crippen LogP contribution in [-0.4, -0.2) is 26.8 Å². The summed E-state index contributed by atoms with van der Waals surface area (Å²) in [5.74, 6) is -0.00248. The van der Waals surface area contributed by atoms with Gasteiger partial charge in [-0.2, -0.15) is 0 Å². The van der Waals surface area contributed by atoms with Crippen LogP contribution in [0.5, 0.6) is 0 Å². The lowest BCUT2D eigenvalue weighted by Crippen LogP contribution is -2.33. The number of thiophene rings is 1. The van der Waals surface area contributed by atoms with Crippen molar-refractivity contribution < 1.29 is 4.79 Å². The van der Waals surface area contributed by atoms with Gasteiger partial charge in [0.05, 0.1) is 10.8 Å². The largest absolute Gasteiger partial charge is 0.352 e. The number of nitrogens with zero attached hydrogens (tertiary/aromatic N) is 2. The van der Waals surface area contributed by atoms with Crippen LogP contribution in [0.25, 0.3) is 10.2 Å². The summed E-state index contributed by atoms with van der Waals surface area (Å²) in [6.45, 7) is 5.92. The molecular formula is C15H17N3O2S2. The highest BCUT2D eigenvalue weighted by molar-refractivity contribution is 8.00. The maximum absolute atomic E-state index is 12.5. The number of rotatable bonds is 6. The minimum Gasteiger partial charge on any atom is -0.352 e. The summed E-state index contributed by atoms with van der Waals surface area (Å²) < 4.78 is 2.22. The molecule has 0 aliphatic heterocycles. The fourth-order valence-electron chi connectivity index (χ4n) is 2.06. The van der Waals surface area contributed by atoms with Crippen LogP contribution < -0.4 is 10.9 Å². The van der Waals surface area contributed by atoms with Gasteiger partial charge in [0.25, 0.3) is 5.56 Å². The number of carbonyl (C=O) groups excluding carboxylic acids is 1. The number of amides is 1. The molecule has 1 aliphatic carbocycles. The number of hydrogen-bond acceptors (Lipinski definition) is 5. The Balaban J connectivity index is 1.90. The first-order valence-corrected chi connectivity index (χ1v) is 8.92. The smallest absolute Gasteiger partial charge is 0.272 e. The third-order valence-electron chi connectivity index (χ3n) is 3.42. The van der Waals surface area contributed by atoms with E-state index in [2.05, 4.69) is 16.9 Å². The fourth-order valence-corrected chi connectivity index (χ4v) is 3.77. The van der Waals surface area contributed by atoms with Crippen LogP contribution in [0.2, 0.25) is 0 Å². The molecule has 0 aromatic carbocycles. The molecule has 1 atom stereocenters. The van der Waals surface area contributed by atoms with Gasteiger partial charge in [0.1, 0.15) is 4.70 Å². The first-order valence-electron chi connectivity index (χ1n) is 7.16. The average Bonchev–Trinajstić information content (AvgIpc) is 3.17. The molecule has 22 heavy (non-hydrogen) atoms. The van der Waals surface area contributed by atoms with Gasteiger partial charge >= 0.3 is 0 Å². The van der Waals surface area contributed by atoms with Crippen molar-refractivity contribution in [2.24, 2.45) is 0 Å². The third-order valence-corrected chi connectivity index (χ3v) is 5.40. The number of nitrogens with one attached hydrogen (secondary N) is 1. The highest BCUT2D eigenvalue weighted by atomic mass is 32.2. The van der Waals surface area contributed by atoms with E-state index in [1.807, 2.05) is 18.4 Å². The summed E-state index contributed by atoms with van der Waals surface area (Å²) in [6.07, 6.45) is 3.79. The van der Waals surface area contributed by atoms with Crippen LogP contribution in [0.1, 0.15) is 19.8 Å². The topological polar surface area (TPSA) is 64.0 Å². The molecule has 2 aromatic heterocycles. The first-order chi connectivity index (χ1) is 10.6. The SMILES string of the molecule is C=CCn1c(S[C@H](C)C(=O)NC2CC2)nc2ccsc2c1=O. The zero-order valence-corrected chi connectivity index (χ0v) is 13.9. The van der Waals surface area contributed by atoms with E-state index in [0.717, 1.165) is 12.8 Å². The lowest BCUT2D eigenvalue weighted by atomic mass is 10.4. The zero-order chi connectivity index (χ0) is 15.7. The van der Waals surface area contributed by atoms with E-state index in [-0.39, 0.29) is 16.7 Å². The quantitative estimate of drug-likeness (QED) is 0.500. The molecule has 1 saturated carbocycles. The van der Waals surface area contributed by atoms with E-state index < -0.39 is 0 Å². The molecule has 1 N–H and O–H groups in total. The van der Waals surface area contributed by atoms with Crippen molar-refractivity contribution in [3.8, 4) is 0 Å². The van der Waals surface area contributed by atoms with E-state index in [1.54, 1.807) is 10.6 Å². The summed E-state index contributed by atoms with van der Waals surface area (Å²) in [5.41, 5.74) is 0.616. The van der Waals surface area contributed by atoms with Crippen molar-refractivity contribution in [3.63, 3.8) is 0 Å². The molecule has 1 aliphatic rings. The normalized spacial score (nSPS) is 15.7. The van der Waals surface area contributed by atoms with Gasteiger partial charge in [-0.05, 0) is 31.2 Å². The Labute approximate surface area is 136 Å². The maximum Gasteiger partial charge on any atom is 0.272 e. The van der Waals surface area contributed by atoms with Crippen molar-refractivity contribution in [3.05, 3.63) is 34.5 Å². The molecule has 2 heterocycles. The second-order valence-electron chi connectivity index (χ2n) is 5.28. The molecule has 0 unspecified atom stereocenters. The van der Waals surface area contributed by atoms with Gasteiger partial charge in [-0.25, -0.2) is 4.98 Å². The molecule has 3 rings (SSSR count). The second-order valence-corrected chi connectivity index (χ2v) is 7.50. The minimum atomic E-state index is -0.292. The van der Waals surface area contributed by atoms with Crippen LogP contribution in [0.15, 0.2) is 34.1 Å². The van der Waals surface area contributed by atoms with E-state index in [9.17, 15) is 9.59 Å². The lowest BCUT2D eigenvalue weighted by Gasteiger charge is -2.14. The van der Waals surface area contributed by atoms with Crippen LogP contribution in [0.4, 0.5) is 0 Å². The van der Waals surface area contributed by atoms with Gasteiger partial charge in [0.2, 0.25) is 5.91 Å². The number of thioether (sulfide) groups is 1. The summed E-state index contributed by atoms with van der Waals surface area (Å²) >= 11 is 2.70. The Hall–Kier alpha value is -1.60. The van der Waals surface area contributed by atoms with E-state index in [4.69, 9.17) is 0 Å². The molecule has 2 aromatic rings. The first kappa shape index (κ1) is 15.3. The summed E-state index contributed by atoms with van der Waals surface area (Å²) in [6, 6.07) is 2.16. The van der Waals surface area contributed by atoms with Gasteiger partial charge in [0, 0.05) is 12.6 Å². The van der Waals surface area contributed by atoms with E-state index in [1.165, 1.54) is 23.1 Å². The molecule has 1 fully saturated rings. The van der Waals surface area contributed by atoms with Crippen molar-refractivity contribution in [2.45, 2.75) is 42.8 Å². The summed E-state index contributed by atoms with van der Waals surface area (Å²) in [4.78, 5) is 29.2. The molecule has 5 nitrogen and oxygen atoms in total. The highest BCUT2D eigenvalue weighted by Gasteiger charge is 2.27. The second kappa shape index (κ2) is 6.26. The van der Waals surface area contributed by atoms with Gasteiger partial charge in [-0.15, -0.1) is 17.9 Å². The molecule has 0 spiro atoms. The van der Waals surface area contributed by atoms with Gasteiger partial charge in [-0.1, -0.05) is 17.8 Å². The molecular weight excluding hydrogens is 318 g/mol. The summed E-state index contributed by atoms with van der Waals surface area (Å²) in [7, 11) is 0. The van der Waals surface area contributed by atoms with Crippen LogP contribution in [0, 0.1) is 0 Å². The van der Waals surface area contributed by atoms with Crippen LogP contribution in [-0.2, 0) is 11.3 Å². The zero-order valence-electron chi connectivity index (χ0n) is 12.2. The number of carbonyl (C=O) groups is 1. The van der Waals surface area contributed by atoms with E-state index in [0.29, 0.717) is 28.0 Å². The Morgan fingerprint density at radius 3 is 3.14 bits per heavy atom. The predicted molar refractivity (Wildman–Crippen MR) is 90.6 cm³/mol. The number of hydrogen-bond donors (Lipinski definition) is 1. The molecule has 0 bridgehead atoms. The Morgan fingerprint density at radius 2 is 2.45 bits per heavy atom. The lowest BCUT2D eigenvalue weighted by molar-refractivity contribution is -0.120. The fraction of sp³-hybridized carbons (Fsp3) is 0.400. The van der Waals surface area contributed by atoms with Crippen molar-refractivity contribution in [2.75, 3.05) is 0 Å².